The lowest BCUT2D eigenvalue weighted by Gasteiger charge is -2.34. The SMILES string of the molecule is CCC(CC)[C@H]1C[C@@H](NS(=O)(=O)CC)CCO1. The smallest absolute Gasteiger partial charge is 0.211 e. The van der Waals surface area contributed by atoms with E-state index in [1.54, 1.807) is 6.92 Å². The molecule has 0 aliphatic carbocycles. The van der Waals surface area contributed by atoms with Gasteiger partial charge >= 0.3 is 0 Å². The van der Waals surface area contributed by atoms with E-state index >= 15 is 0 Å². The van der Waals surface area contributed by atoms with Gasteiger partial charge in [-0.25, -0.2) is 13.1 Å². The number of rotatable bonds is 6. The zero-order valence-electron chi connectivity index (χ0n) is 11.1. The van der Waals surface area contributed by atoms with Crippen LogP contribution in [-0.2, 0) is 14.8 Å². The van der Waals surface area contributed by atoms with E-state index in [-0.39, 0.29) is 17.9 Å². The summed E-state index contributed by atoms with van der Waals surface area (Å²) in [4.78, 5) is 0. The first-order valence-electron chi connectivity index (χ1n) is 6.64. The fourth-order valence-electron chi connectivity index (χ4n) is 2.42. The molecular weight excluding hydrogens is 238 g/mol. The fourth-order valence-corrected chi connectivity index (χ4v) is 3.30. The van der Waals surface area contributed by atoms with Crippen LogP contribution in [0.3, 0.4) is 0 Å². The number of ether oxygens (including phenoxy) is 1. The van der Waals surface area contributed by atoms with Crippen LogP contribution in [0.1, 0.15) is 46.5 Å². The normalized spacial score (nSPS) is 26.4. The molecule has 0 aromatic heterocycles. The van der Waals surface area contributed by atoms with E-state index in [0.29, 0.717) is 12.5 Å². The Labute approximate surface area is 105 Å². The average Bonchev–Trinajstić information content (AvgIpc) is 2.31. The van der Waals surface area contributed by atoms with Crippen molar-refractivity contribution in [3.05, 3.63) is 0 Å². The third kappa shape index (κ3) is 4.56. The van der Waals surface area contributed by atoms with Gasteiger partial charge in [0, 0.05) is 12.6 Å². The Bertz CT molecular complexity index is 312. The Kier molecular flexibility index (Phi) is 5.89. The third-order valence-electron chi connectivity index (χ3n) is 3.62. The van der Waals surface area contributed by atoms with Crippen LogP contribution in [-0.4, -0.2) is 32.9 Å². The van der Waals surface area contributed by atoms with Crippen molar-refractivity contribution in [2.45, 2.75) is 58.6 Å². The van der Waals surface area contributed by atoms with Gasteiger partial charge in [0.1, 0.15) is 0 Å². The Morgan fingerprint density at radius 3 is 2.47 bits per heavy atom. The van der Waals surface area contributed by atoms with Gasteiger partial charge in [-0.05, 0) is 25.7 Å². The molecular formula is C12H25NO3S. The van der Waals surface area contributed by atoms with E-state index in [1.807, 2.05) is 0 Å². The van der Waals surface area contributed by atoms with Crippen molar-refractivity contribution in [3.63, 3.8) is 0 Å². The van der Waals surface area contributed by atoms with Crippen molar-refractivity contribution in [1.29, 1.82) is 0 Å². The van der Waals surface area contributed by atoms with Gasteiger partial charge in [0.25, 0.3) is 0 Å². The first kappa shape index (κ1) is 14.9. The molecule has 1 N–H and O–H groups in total. The van der Waals surface area contributed by atoms with Gasteiger partial charge in [-0.1, -0.05) is 26.7 Å². The highest BCUT2D eigenvalue weighted by atomic mass is 32.2. The molecule has 17 heavy (non-hydrogen) atoms. The quantitative estimate of drug-likeness (QED) is 0.796. The van der Waals surface area contributed by atoms with Crippen LogP contribution in [0.5, 0.6) is 0 Å². The fraction of sp³-hybridized carbons (Fsp3) is 1.00. The third-order valence-corrected chi connectivity index (χ3v) is 5.07. The second-order valence-electron chi connectivity index (χ2n) is 4.73. The molecule has 0 aromatic rings. The van der Waals surface area contributed by atoms with Crippen molar-refractivity contribution < 1.29 is 13.2 Å². The van der Waals surface area contributed by atoms with Crippen molar-refractivity contribution >= 4 is 10.0 Å². The van der Waals surface area contributed by atoms with Crippen molar-refractivity contribution in [1.82, 2.24) is 4.72 Å². The second-order valence-corrected chi connectivity index (χ2v) is 6.77. The van der Waals surface area contributed by atoms with E-state index in [1.165, 1.54) is 0 Å². The molecule has 2 atom stereocenters. The Morgan fingerprint density at radius 2 is 1.94 bits per heavy atom. The summed E-state index contributed by atoms with van der Waals surface area (Å²) in [6, 6.07) is 0.0549. The summed E-state index contributed by atoms with van der Waals surface area (Å²) in [6.07, 6.45) is 3.99. The number of hydrogen-bond acceptors (Lipinski definition) is 3. The minimum atomic E-state index is -3.09. The number of hydrogen-bond donors (Lipinski definition) is 1. The van der Waals surface area contributed by atoms with Crippen LogP contribution in [0.15, 0.2) is 0 Å². The molecule has 102 valence electrons. The summed E-state index contributed by atoms with van der Waals surface area (Å²) in [5, 5.41) is 0. The highest BCUT2D eigenvalue weighted by Crippen LogP contribution is 2.25. The van der Waals surface area contributed by atoms with Crippen LogP contribution in [0.4, 0.5) is 0 Å². The van der Waals surface area contributed by atoms with Crippen molar-refractivity contribution in [3.8, 4) is 0 Å². The predicted octanol–water partition coefficient (Wildman–Crippen LogP) is 1.91. The van der Waals surface area contributed by atoms with E-state index in [9.17, 15) is 8.42 Å². The highest BCUT2D eigenvalue weighted by Gasteiger charge is 2.29. The zero-order chi connectivity index (χ0) is 12.9. The lowest BCUT2D eigenvalue weighted by Crippen LogP contribution is -2.44. The Hall–Kier alpha value is -0.130. The minimum absolute atomic E-state index is 0.0549. The summed E-state index contributed by atoms with van der Waals surface area (Å²) in [5.41, 5.74) is 0. The van der Waals surface area contributed by atoms with Crippen LogP contribution >= 0.6 is 0 Å². The van der Waals surface area contributed by atoms with Crippen LogP contribution in [0.2, 0.25) is 0 Å². The average molecular weight is 263 g/mol. The van der Waals surface area contributed by atoms with Gasteiger partial charge in [-0.3, -0.25) is 0 Å². The summed E-state index contributed by atoms with van der Waals surface area (Å²) in [7, 11) is -3.09. The maximum atomic E-state index is 11.5. The van der Waals surface area contributed by atoms with Crippen LogP contribution in [0, 0.1) is 5.92 Å². The zero-order valence-corrected chi connectivity index (χ0v) is 11.9. The maximum Gasteiger partial charge on any atom is 0.211 e. The molecule has 0 radical (unpaired) electrons. The molecule has 1 heterocycles. The number of nitrogens with one attached hydrogen (secondary N) is 1. The maximum absolute atomic E-state index is 11.5. The Balaban J connectivity index is 2.54. The summed E-state index contributed by atoms with van der Waals surface area (Å²) >= 11 is 0. The molecule has 0 spiro atoms. The largest absolute Gasteiger partial charge is 0.378 e. The van der Waals surface area contributed by atoms with Gasteiger partial charge in [0.2, 0.25) is 10.0 Å². The van der Waals surface area contributed by atoms with Crippen molar-refractivity contribution in [2.75, 3.05) is 12.4 Å². The van der Waals surface area contributed by atoms with E-state index in [0.717, 1.165) is 25.7 Å². The number of sulfonamides is 1. The van der Waals surface area contributed by atoms with Gasteiger partial charge in [-0.2, -0.15) is 0 Å². The molecule has 5 heteroatoms. The first-order valence-corrected chi connectivity index (χ1v) is 8.29. The van der Waals surface area contributed by atoms with E-state index in [2.05, 4.69) is 18.6 Å². The lowest BCUT2D eigenvalue weighted by molar-refractivity contribution is -0.0318. The van der Waals surface area contributed by atoms with Crippen molar-refractivity contribution in [2.24, 2.45) is 5.92 Å². The molecule has 1 fully saturated rings. The molecule has 0 saturated carbocycles. The molecule has 0 aromatic carbocycles. The lowest BCUT2D eigenvalue weighted by atomic mass is 9.89. The van der Waals surface area contributed by atoms with E-state index in [4.69, 9.17) is 4.74 Å². The summed E-state index contributed by atoms with van der Waals surface area (Å²) in [5.74, 6) is 0.698. The van der Waals surface area contributed by atoms with Gasteiger partial charge in [-0.15, -0.1) is 0 Å². The van der Waals surface area contributed by atoms with E-state index < -0.39 is 10.0 Å². The molecule has 0 bridgehead atoms. The van der Waals surface area contributed by atoms with Crippen LogP contribution < -0.4 is 4.72 Å². The molecule has 1 rings (SSSR count). The van der Waals surface area contributed by atoms with Crippen LogP contribution in [0.25, 0.3) is 0 Å². The standard InChI is InChI=1S/C12H25NO3S/c1-4-10(5-2)12-9-11(7-8-16-12)13-17(14,15)6-3/h10-13H,4-9H2,1-3H3/t11-,12+/m0/s1. The first-order chi connectivity index (χ1) is 8.02. The highest BCUT2D eigenvalue weighted by molar-refractivity contribution is 7.89. The van der Waals surface area contributed by atoms with Gasteiger partial charge < -0.3 is 4.74 Å². The summed E-state index contributed by atoms with van der Waals surface area (Å²) < 4.78 is 31.6. The molecule has 0 unspecified atom stereocenters. The molecule has 1 saturated heterocycles. The molecule has 1 aliphatic rings. The minimum Gasteiger partial charge on any atom is -0.378 e. The Morgan fingerprint density at radius 1 is 1.29 bits per heavy atom. The molecule has 4 nitrogen and oxygen atoms in total. The predicted molar refractivity (Wildman–Crippen MR) is 69.4 cm³/mol. The molecule has 1 aliphatic heterocycles. The summed E-state index contributed by atoms with van der Waals surface area (Å²) in [6.45, 7) is 6.66. The second kappa shape index (κ2) is 6.71. The monoisotopic (exact) mass is 263 g/mol. The van der Waals surface area contributed by atoms with Gasteiger partial charge in [0.05, 0.1) is 11.9 Å². The van der Waals surface area contributed by atoms with Gasteiger partial charge in [0.15, 0.2) is 0 Å². The molecule has 0 amide bonds. The topological polar surface area (TPSA) is 55.4 Å².